The Kier molecular flexibility index (Phi) is 6.35. The van der Waals surface area contributed by atoms with Gasteiger partial charge in [0.05, 0.1) is 11.4 Å². The molecule has 1 saturated heterocycles. The standard InChI is InChI=1S/C25H24Br2N4O4/c26-19-9-14(10-20(27)22(19)28)23(33)17-11-18(17)24(34)30-6-4-15(5-7-30)31-12-21(29-25(31)35)13-2-1-3-16(32)8-13/h1-3,8-10,12,15,17-18,32H,4-7,11,28H2,(H,29,35)/t17-,18-/m1/s1. The minimum Gasteiger partial charge on any atom is -0.508 e. The van der Waals surface area contributed by atoms with Gasteiger partial charge in [0.15, 0.2) is 5.78 Å². The van der Waals surface area contributed by atoms with Gasteiger partial charge >= 0.3 is 5.69 Å². The van der Waals surface area contributed by atoms with Crippen LogP contribution in [0.3, 0.4) is 0 Å². The molecule has 2 aromatic carbocycles. The van der Waals surface area contributed by atoms with Crippen LogP contribution in [0.5, 0.6) is 5.75 Å². The number of rotatable bonds is 5. The maximum absolute atomic E-state index is 13.1. The Hall–Kier alpha value is -2.85. The summed E-state index contributed by atoms with van der Waals surface area (Å²) >= 11 is 6.74. The molecule has 4 N–H and O–H groups in total. The van der Waals surface area contributed by atoms with Crippen molar-refractivity contribution < 1.29 is 14.7 Å². The number of likely N-dealkylation sites (tertiary alicyclic amines) is 1. The van der Waals surface area contributed by atoms with Gasteiger partial charge in [-0.15, -0.1) is 0 Å². The van der Waals surface area contributed by atoms with Crippen LogP contribution in [0.25, 0.3) is 11.3 Å². The summed E-state index contributed by atoms with van der Waals surface area (Å²) in [7, 11) is 0. The van der Waals surface area contributed by atoms with Gasteiger partial charge in [-0.3, -0.25) is 14.2 Å². The van der Waals surface area contributed by atoms with Crippen LogP contribution >= 0.6 is 31.9 Å². The number of halogens is 2. The number of nitrogen functional groups attached to an aromatic ring is 1. The molecule has 1 saturated carbocycles. The monoisotopic (exact) mass is 602 g/mol. The number of H-pyrrole nitrogens is 1. The molecule has 1 aliphatic heterocycles. The normalized spacial score (nSPS) is 20.1. The van der Waals surface area contributed by atoms with E-state index in [-0.39, 0.29) is 41.0 Å². The predicted molar refractivity (Wildman–Crippen MR) is 139 cm³/mol. The summed E-state index contributed by atoms with van der Waals surface area (Å²) in [6.45, 7) is 1.08. The van der Waals surface area contributed by atoms with E-state index in [1.165, 1.54) is 0 Å². The van der Waals surface area contributed by atoms with Gasteiger partial charge in [0, 0.05) is 57.2 Å². The second-order valence-electron chi connectivity index (χ2n) is 9.15. The lowest BCUT2D eigenvalue weighted by Gasteiger charge is -2.32. The Bertz CT molecular complexity index is 1350. The lowest BCUT2D eigenvalue weighted by molar-refractivity contribution is -0.134. The van der Waals surface area contributed by atoms with Crippen LogP contribution in [0.4, 0.5) is 5.69 Å². The molecule has 3 aromatic rings. The molecule has 1 aromatic heterocycles. The molecular formula is C25H24Br2N4O4. The number of carbonyl (C=O) groups excluding carboxylic acids is 2. The van der Waals surface area contributed by atoms with Crippen LogP contribution in [-0.4, -0.2) is 44.3 Å². The van der Waals surface area contributed by atoms with Crippen molar-refractivity contribution in [3.63, 3.8) is 0 Å². The van der Waals surface area contributed by atoms with Crippen molar-refractivity contribution in [1.29, 1.82) is 0 Å². The molecule has 0 spiro atoms. The van der Waals surface area contributed by atoms with Crippen molar-refractivity contribution in [3.05, 3.63) is 67.6 Å². The quantitative estimate of drug-likeness (QED) is 0.296. The van der Waals surface area contributed by atoms with Crippen molar-refractivity contribution >= 4 is 49.2 Å². The number of phenols is 1. The fourth-order valence-corrected chi connectivity index (χ4v) is 5.98. The number of anilines is 1. The number of phenolic OH excluding ortho intramolecular Hbond substituents is 1. The minimum absolute atomic E-state index is 0.0113. The molecule has 2 fully saturated rings. The third kappa shape index (κ3) is 4.69. The highest BCUT2D eigenvalue weighted by Crippen LogP contribution is 2.44. The van der Waals surface area contributed by atoms with E-state index >= 15 is 0 Å². The van der Waals surface area contributed by atoms with E-state index in [0.29, 0.717) is 58.2 Å². The Morgan fingerprint density at radius 3 is 2.40 bits per heavy atom. The zero-order valence-electron chi connectivity index (χ0n) is 18.7. The van der Waals surface area contributed by atoms with Gasteiger partial charge in [-0.25, -0.2) is 4.79 Å². The number of aromatic hydroxyl groups is 1. The molecule has 2 heterocycles. The largest absolute Gasteiger partial charge is 0.508 e. The maximum Gasteiger partial charge on any atom is 0.326 e. The summed E-state index contributed by atoms with van der Waals surface area (Å²) < 4.78 is 2.97. The number of hydrogen-bond acceptors (Lipinski definition) is 5. The van der Waals surface area contributed by atoms with Crippen LogP contribution in [0, 0.1) is 11.8 Å². The SMILES string of the molecule is Nc1c(Br)cc(C(=O)[C@@H]2C[C@H]2C(=O)N2CCC(n3cc(-c4cccc(O)c4)[nH]c3=O)CC2)cc1Br. The summed E-state index contributed by atoms with van der Waals surface area (Å²) in [5, 5.41) is 9.72. The number of aromatic nitrogens is 2. The molecule has 0 bridgehead atoms. The van der Waals surface area contributed by atoms with Gasteiger partial charge in [0.25, 0.3) is 0 Å². The number of nitrogens with zero attached hydrogens (tertiary/aromatic N) is 2. The summed E-state index contributed by atoms with van der Waals surface area (Å²) in [6, 6.07) is 10.1. The van der Waals surface area contributed by atoms with Gasteiger partial charge in [-0.05, 0) is 75.4 Å². The van der Waals surface area contributed by atoms with Crippen molar-refractivity contribution in [3.8, 4) is 17.0 Å². The Morgan fingerprint density at radius 2 is 1.74 bits per heavy atom. The van der Waals surface area contributed by atoms with E-state index in [1.807, 2.05) is 11.0 Å². The fraction of sp³-hybridized carbons (Fsp3) is 0.320. The first kappa shape index (κ1) is 23.9. The van der Waals surface area contributed by atoms with E-state index in [9.17, 15) is 19.5 Å². The van der Waals surface area contributed by atoms with Crippen LogP contribution < -0.4 is 11.4 Å². The molecule has 2 aliphatic rings. The fourth-order valence-electron chi connectivity index (χ4n) is 4.80. The lowest BCUT2D eigenvalue weighted by atomic mass is 10.0. The highest BCUT2D eigenvalue weighted by molar-refractivity contribution is 9.11. The van der Waals surface area contributed by atoms with E-state index in [1.54, 1.807) is 41.1 Å². The first-order valence-electron chi connectivity index (χ1n) is 11.4. The van der Waals surface area contributed by atoms with Crippen molar-refractivity contribution in [2.75, 3.05) is 18.8 Å². The first-order valence-corrected chi connectivity index (χ1v) is 13.0. The predicted octanol–water partition coefficient (Wildman–Crippen LogP) is 4.34. The van der Waals surface area contributed by atoms with E-state index in [2.05, 4.69) is 36.8 Å². The average Bonchev–Trinajstić information content (AvgIpc) is 3.55. The number of Topliss-reactive ketones (excluding diaryl/α,β-unsaturated/α-hetero) is 1. The van der Waals surface area contributed by atoms with Gasteiger partial charge in [0.1, 0.15) is 5.75 Å². The van der Waals surface area contributed by atoms with E-state index in [4.69, 9.17) is 5.73 Å². The smallest absolute Gasteiger partial charge is 0.326 e. The van der Waals surface area contributed by atoms with Crippen LogP contribution in [-0.2, 0) is 4.79 Å². The summed E-state index contributed by atoms with van der Waals surface area (Å²) in [4.78, 5) is 43.2. The van der Waals surface area contributed by atoms with Crippen molar-refractivity contribution in [1.82, 2.24) is 14.5 Å². The van der Waals surface area contributed by atoms with Gasteiger partial charge in [0.2, 0.25) is 5.91 Å². The molecule has 0 radical (unpaired) electrons. The number of amides is 1. The average molecular weight is 604 g/mol. The molecule has 10 heteroatoms. The third-order valence-electron chi connectivity index (χ3n) is 6.88. The number of piperidine rings is 1. The summed E-state index contributed by atoms with van der Waals surface area (Å²) in [5.41, 5.74) is 8.15. The van der Waals surface area contributed by atoms with E-state index in [0.717, 1.165) is 5.56 Å². The van der Waals surface area contributed by atoms with Gasteiger partial charge in [-0.2, -0.15) is 0 Å². The van der Waals surface area contributed by atoms with Gasteiger partial charge in [-0.1, -0.05) is 12.1 Å². The topological polar surface area (TPSA) is 121 Å². The molecule has 182 valence electrons. The second kappa shape index (κ2) is 9.31. The van der Waals surface area contributed by atoms with Crippen LogP contribution in [0.15, 0.2) is 56.3 Å². The first-order chi connectivity index (χ1) is 16.7. The number of aromatic amines is 1. The highest BCUT2D eigenvalue weighted by atomic mass is 79.9. The Morgan fingerprint density at radius 1 is 1.06 bits per heavy atom. The number of hydrogen-bond donors (Lipinski definition) is 3. The molecule has 35 heavy (non-hydrogen) atoms. The molecule has 1 amide bonds. The molecule has 2 atom stereocenters. The van der Waals surface area contributed by atoms with Crippen LogP contribution in [0.2, 0.25) is 0 Å². The maximum atomic E-state index is 13.1. The minimum atomic E-state index is -0.306. The third-order valence-corrected chi connectivity index (χ3v) is 8.19. The lowest BCUT2D eigenvalue weighted by Crippen LogP contribution is -2.41. The number of ketones is 1. The molecule has 0 unspecified atom stereocenters. The van der Waals surface area contributed by atoms with Crippen molar-refractivity contribution in [2.24, 2.45) is 11.8 Å². The Labute approximate surface area is 218 Å². The highest BCUT2D eigenvalue weighted by Gasteiger charge is 2.50. The number of carbonyl (C=O) groups is 2. The van der Waals surface area contributed by atoms with Gasteiger partial charge < -0.3 is 20.7 Å². The summed E-state index contributed by atoms with van der Waals surface area (Å²) in [5.74, 6) is -0.493. The molecule has 8 nitrogen and oxygen atoms in total. The van der Waals surface area contributed by atoms with E-state index < -0.39 is 0 Å². The number of benzene rings is 2. The number of imidazole rings is 1. The Balaban J connectivity index is 1.20. The molecule has 1 aliphatic carbocycles. The second-order valence-corrected chi connectivity index (χ2v) is 10.9. The van der Waals surface area contributed by atoms with Crippen molar-refractivity contribution in [2.45, 2.75) is 25.3 Å². The number of nitrogens with two attached hydrogens (primary N) is 1. The zero-order valence-corrected chi connectivity index (χ0v) is 21.9. The summed E-state index contributed by atoms with van der Waals surface area (Å²) in [6.07, 6.45) is 3.65. The molecule has 5 rings (SSSR count). The van der Waals surface area contributed by atoms with Crippen LogP contribution in [0.1, 0.15) is 35.7 Å². The number of nitrogens with one attached hydrogen (secondary N) is 1. The zero-order chi connectivity index (χ0) is 24.9. The molecular weight excluding hydrogens is 580 g/mol.